The molecule has 0 saturated heterocycles. The van der Waals surface area contributed by atoms with Gasteiger partial charge < -0.3 is 11.1 Å². The van der Waals surface area contributed by atoms with Crippen LogP contribution >= 0.6 is 10.0 Å². The minimum Gasteiger partial charge on any atom is -0.397 e. The molecule has 1 amide bonds. The molecule has 1 rings (SSSR count). The van der Waals surface area contributed by atoms with Crippen molar-refractivity contribution in [2.24, 2.45) is 5.73 Å². The summed E-state index contributed by atoms with van der Waals surface area (Å²) in [7, 11) is -0.854. The molecule has 0 bridgehead atoms. The van der Waals surface area contributed by atoms with Gasteiger partial charge in [0.1, 0.15) is 0 Å². The number of rotatable bonds is 1. The van der Waals surface area contributed by atoms with Crippen LogP contribution in [0.2, 0.25) is 0 Å². The third-order valence-corrected chi connectivity index (χ3v) is 3.18. The molecule has 0 unspecified atom stereocenters. The monoisotopic (exact) mass is 246 g/mol. The maximum Gasteiger partial charge on any atom is 0.221 e. The molecule has 1 aliphatic heterocycles. The van der Waals surface area contributed by atoms with Crippen LogP contribution in [0.1, 0.15) is 34.6 Å². The molecule has 0 fully saturated rings. The molecule has 0 atom stereocenters. The number of carbonyl (C=O) groups is 1. The summed E-state index contributed by atoms with van der Waals surface area (Å²) >= 11 is 0. The summed E-state index contributed by atoms with van der Waals surface area (Å²) in [6.07, 6.45) is 4.24. The Kier molecular flexibility index (Phi) is 9.05. The van der Waals surface area contributed by atoms with E-state index in [0.717, 1.165) is 5.70 Å². The first-order valence-electron chi connectivity index (χ1n) is 5.61. The number of nitrogens with two attached hydrogens (primary N) is 1. The third kappa shape index (κ3) is 6.56. The van der Waals surface area contributed by atoms with Gasteiger partial charge in [0.25, 0.3) is 0 Å². The van der Waals surface area contributed by atoms with Crippen LogP contribution in [0.25, 0.3) is 0 Å². The zero-order valence-corrected chi connectivity index (χ0v) is 12.4. The van der Waals surface area contributed by atoms with E-state index < -0.39 is 10.0 Å². The van der Waals surface area contributed by atoms with Crippen LogP contribution in [0.15, 0.2) is 22.2 Å². The normalized spacial score (nSPS) is 17.7. The van der Waals surface area contributed by atoms with E-state index in [2.05, 4.69) is 17.8 Å². The van der Waals surface area contributed by atoms with Crippen molar-refractivity contribution in [3.8, 4) is 0 Å². The van der Waals surface area contributed by atoms with Crippen molar-refractivity contribution in [3.63, 3.8) is 0 Å². The largest absolute Gasteiger partial charge is 0.397 e. The number of carbonyl (C=O) groups excluding carboxylic acids is 1. The van der Waals surface area contributed by atoms with Crippen LogP contribution in [0.5, 0.6) is 0 Å². The van der Waals surface area contributed by atoms with E-state index in [0.29, 0.717) is 5.70 Å². The molecule has 0 aromatic heterocycles. The van der Waals surface area contributed by atoms with Gasteiger partial charge in [0.15, 0.2) is 0 Å². The van der Waals surface area contributed by atoms with Gasteiger partial charge in [-0.15, -0.1) is 0 Å². The summed E-state index contributed by atoms with van der Waals surface area (Å²) in [4.78, 5) is 10.7. The molecule has 16 heavy (non-hydrogen) atoms. The highest BCUT2D eigenvalue weighted by Crippen LogP contribution is 2.49. The van der Waals surface area contributed by atoms with Gasteiger partial charge in [0.05, 0.1) is 11.4 Å². The predicted octanol–water partition coefficient (Wildman–Crippen LogP) is 2.89. The molecule has 1 heterocycles. The first-order chi connectivity index (χ1) is 7.41. The van der Waals surface area contributed by atoms with E-state index in [4.69, 9.17) is 5.73 Å². The van der Waals surface area contributed by atoms with E-state index in [1.807, 2.05) is 38.5 Å². The molecule has 0 spiro atoms. The highest BCUT2D eigenvalue weighted by molar-refractivity contribution is 8.37. The Labute approximate surface area is 101 Å². The lowest BCUT2D eigenvalue weighted by atomic mass is 10.4. The standard InChI is InChI=1S/C8H14N2OS.2C2H6/c1-6(11)10-8-5-12(2,3)4-7(8)9;2*1-2/h4-5H,9H2,1-3H3,(H,10,11);2*1-2H3. The van der Waals surface area contributed by atoms with Crippen LogP contribution in [-0.2, 0) is 4.79 Å². The number of hydrogen-bond acceptors (Lipinski definition) is 2. The van der Waals surface area contributed by atoms with E-state index in [1.165, 1.54) is 6.92 Å². The van der Waals surface area contributed by atoms with Gasteiger partial charge in [-0.05, 0) is 23.3 Å². The van der Waals surface area contributed by atoms with Gasteiger partial charge in [-0.1, -0.05) is 27.7 Å². The van der Waals surface area contributed by atoms with Gasteiger partial charge >= 0.3 is 0 Å². The summed E-state index contributed by atoms with van der Waals surface area (Å²) in [5.74, 6) is -0.0744. The summed E-state index contributed by atoms with van der Waals surface area (Å²) in [5.41, 5.74) is 7.15. The molecule has 96 valence electrons. The van der Waals surface area contributed by atoms with Gasteiger partial charge in [0.2, 0.25) is 5.91 Å². The summed E-state index contributed by atoms with van der Waals surface area (Å²) in [6, 6.07) is 0. The Balaban J connectivity index is 0. The Hall–Kier alpha value is -0.900. The van der Waals surface area contributed by atoms with E-state index >= 15 is 0 Å². The Morgan fingerprint density at radius 2 is 1.62 bits per heavy atom. The van der Waals surface area contributed by atoms with E-state index in [9.17, 15) is 4.79 Å². The van der Waals surface area contributed by atoms with Crippen molar-refractivity contribution in [1.29, 1.82) is 0 Å². The summed E-state index contributed by atoms with van der Waals surface area (Å²) < 4.78 is 0. The van der Waals surface area contributed by atoms with Gasteiger partial charge in [0, 0.05) is 6.92 Å². The van der Waals surface area contributed by atoms with Crippen LogP contribution < -0.4 is 11.1 Å². The van der Waals surface area contributed by atoms with Crippen molar-refractivity contribution < 1.29 is 4.79 Å². The van der Waals surface area contributed by atoms with Crippen molar-refractivity contribution >= 4 is 15.9 Å². The minimum atomic E-state index is -0.854. The number of nitrogens with one attached hydrogen (secondary N) is 1. The smallest absolute Gasteiger partial charge is 0.221 e. The minimum absolute atomic E-state index is 0.0744. The molecule has 0 aromatic rings. The lowest BCUT2D eigenvalue weighted by Gasteiger charge is -2.16. The summed E-state index contributed by atoms with van der Waals surface area (Å²) in [6.45, 7) is 9.48. The lowest BCUT2D eigenvalue weighted by Crippen LogP contribution is -2.21. The van der Waals surface area contributed by atoms with Crippen LogP contribution in [0.4, 0.5) is 0 Å². The van der Waals surface area contributed by atoms with E-state index in [1.54, 1.807) is 0 Å². The Morgan fingerprint density at radius 1 is 1.19 bits per heavy atom. The Bertz CT molecular complexity index is 281. The fraction of sp³-hybridized carbons (Fsp3) is 0.583. The second kappa shape index (κ2) is 8.28. The van der Waals surface area contributed by atoms with Crippen molar-refractivity contribution in [1.82, 2.24) is 5.32 Å². The molecule has 0 aliphatic carbocycles. The third-order valence-electron chi connectivity index (χ3n) is 1.47. The molecule has 0 aromatic carbocycles. The van der Waals surface area contributed by atoms with Crippen molar-refractivity contribution in [2.45, 2.75) is 34.6 Å². The SMILES string of the molecule is CC.CC.CC(=O)NC1=CS(C)(C)C=C1N. The molecule has 0 saturated carbocycles. The van der Waals surface area contributed by atoms with Gasteiger partial charge in [-0.3, -0.25) is 4.79 Å². The van der Waals surface area contributed by atoms with Crippen molar-refractivity contribution in [2.75, 3.05) is 12.5 Å². The molecule has 0 radical (unpaired) electrons. The van der Waals surface area contributed by atoms with Crippen LogP contribution in [0, 0.1) is 0 Å². The number of amides is 1. The number of hydrogen-bond donors (Lipinski definition) is 2. The van der Waals surface area contributed by atoms with Gasteiger partial charge in [-0.2, -0.15) is 0 Å². The fourth-order valence-electron chi connectivity index (χ4n) is 1.09. The van der Waals surface area contributed by atoms with Crippen molar-refractivity contribution in [3.05, 3.63) is 22.2 Å². The second-order valence-corrected chi connectivity index (χ2v) is 6.72. The van der Waals surface area contributed by atoms with E-state index in [-0.39, 0.29) is 5.91 Å². The highest BCUT2D eigenvalue weighted by Gasteiger charge is 2.17. The highest BCUT2D eigenvalue weighted by atomic mass is 32.3. The quantitative estimate of drug-likeness (QED) is 0.747. The van der Waals surface area contributed by atoms with Crippen LogP contribution in [0.3, 0.4) is 0 Å². The second-order valence-electron chi connectivity index (χ2n) is 3.27. The predicted molar refractivity (Wildman–Crippen MR) is 76.3 cm³/mol. The first kappa shape index (κ1) is 17.5. The Morgan fingerprint density at radius 3 is 1.88 bits per heavy atom. The topological polar surface area (TPSA) is 55.1 Å². The molecular formula is C12H26N2OS. The maximum absolute atomic E-state index is 10.7. The molecule has 3 N–H and O–H groups in total. The zero-order valence-electron chi connectivity index (χ0n) is 11.5. The summed E-state index contributed by atoms with van der Waals surface area (Å²) in [5, 5.41) is 6.74. The molecule has 3 nitrogen and oxygen atoms in total. The first-order valence-corrected chi connectivity index (χ1v) is 8.18. The fourth-order valence-corrected chi connectivity index (χ4v) is 2.74. The average Bonchev–Trinajstić information content (AvgIpc) is 2.45. The van der Waals surface area contributed by atoms with Crippen LogP contribution in [-0.4, -0.2) is 18.4 Å². The average molecular weight is 246 g/mol. The molecule has 4 heteroatoms. The molecular weight excluding hydrogens is 220 g/mol. The van der Waals surface area contributed by atoms with Gasteiger partial charge in [-0.25, -0.2) is 10.0 Å². The zero-order chi connectivity index (χ0) is 13.4. The molecule has 1 aliphatic rings. The maximum atomic E-state index is 10.7. The lowest BCUT2D eigenvalue weighted by molar-refractivity contribution is -0.118.